The van der Waals surface area contributed by atoms with Crippen molar-refractivity contribution in [3.63, 3.8) is 0 Å². The van der Waals surface area contributed by atoms with E-state index >= 15 is 0 Å². The van der Waals surface area contributed by atoms with Crippen molar-refractivity contribution >= 4 is 5.91 Å². The Morgan fingerprint density at radius 3 is 2.78 bits per heavy atom. The molecule has 2 fully saturated rings. The zero-order valence-corrected chi connectivity index (χ0v) is 14.0. The van der Waals surface area contributed by atoms with Gasteiger partial charge >= 0.3 is 0 Å². The maximum absolute atomic E-state index is 12.2. The van der Waals surface area contributed by atoms with Crippen LogP contribution >= 0.6 is 0 Å². The van der Waals surface area contributed by atoms with Crippen LogP contribution in [0.1, 0.15) is 37.3 Å². The van der Waals surface area contributed by atoms with E-state index in [2.05, 4.69) is 16.3 Å². The highest BCUT2D eigenvalue weighted by Crippen LogP contribution is 2.38. The molecule has 1 unspecified atom stereocenters. The second-order valence-corrected chi connectivity index (χ2v) is 6.48. The number of hydrogen-bond donors (Lipinski definition) is 1. The summed E-state index contributed by atoms with van der Waals surface area (Å²) in [6.45, 7) is 2.26. The molecule has 2 aliphatic rings. The Kier molecular flexibility index (Phi) is 5.06. The van der Waals surface area contributed by atoms with Gasteiger partial charge in [0.1, 0.15) is 11.5 Å². The number of methoxy groups -OCH3 is 2. The van der Waals surface area contributed by atoms with E-state index < -0.39 is 0 Å². The van der Waals surface area contributed by atoms with E-state index in [0.29, 0.717) is 6.54 Å². The van der Waals surface area contributed by atoms with E-state index in [4.69, 9.17) is 9.47 Å². The zero-order valence-electron chi connectivity index (χ0n) is 14.0. The monoisotopic (exact) mass is 318 g/mol. The standard InChI is InChI=1S/C18H26N2O3/c1-22-14-7-8-15(17(10-14)23-2)16-4-3-9-20(16)12-18(21)19-11-13-5-6-13/h7-8,10,13,16H,3-6,9,11-12H2,1-2H3,(H,19,21). The Hall–Kier alpha value is -1.75. The highest BCUT2D eigenvalue weighted by molar-refractivity contribution is 5.78. The molecular formula is C18H26N2O3. The molecule has 1 saturated carbocycles. The summed E-state index contributed by atoms with van der Waals surface area (Å²) in [5.41, 5.74) is 1.14. The van der Waals surface area contributed by atoms with Crippen LogP contribution in [0, 0.1) is 5.92 Å². The SMILES string of the molecule is COc1ccc(C2CCCN2CC(=O)NCC2CC2)c(OC)c1. The molecular weight excluding hydrogens is 292 g/mol. The molecule has 1 heterocycles. The number of likely N-dealkylation sites (tertiary alicyclic amines) is 1. The van der Waals surface area contributed by atoms with E-state index in [1.807, 2.05) is 12.1 Å². The summed E-state index contributed by atoms with van der Waals surface area (Å²) in [7, 11) is 3.33. The smallest absolute Gasteiger partial charge is 0.234 e. The molecule has 1 atom stereocenters. The van der Waals surface area contributed by atoms with Crippen LogP contribution in [0.5, 0.6) is 11.5 Å². The number of carbonyl (C=O) groups excluding carboxylic acids is 1. The second kappa shape index (κ2) is 7.21. The van der Waals surface area contributed by atoms with Crippen LogP contribution in [0.15, 0.2) is 18.2 Å². The van der Waals surface area contributed by atoms with Gasteiger partial charge in [-0.2, -0.15) is 0 Å². The van der Waals surface area contributed by atoms with E-state index in [1.165, 1.54) is 12.8 Å². The second-order valence-electron chi connectivity index (χ2n) is 6.48. The van der Waals surface area contributed by atoms with Gasteiger partial charge in [0.25, 0.3) is 0 Å². The lowest BCUT2D eigenvalue weighted by molar-refractivity contribution is -0.122. The van der Waals surface area contributed by atoms with Crippen LogP contribution in [-0.2, 0) is 4.79 Å². The van der Waals surface area contributed by atoms with Crippen molar-refractivity contribution in [3.05, 3.63) is 23.8 Å². The predicted octanol–water partition coefficient (Wildman–Crippen LogP) is 2.37. The summed E-state index contributed by atoms with van der Waals surface area (Å²) in [4.78, 5) is 14.4. The molecule has 0 aromatic heterocycles. The first-order chi connectivity index (χ1) is 11.2. The zero-order chi connectivity index (χ0) is 16.2. The van der Waals surface area contributed by atoms with Crippen molar-refractivity contribution in [2.24, 2.45) is 5.92 Å². The first-order valence-electron chi connectivity index (χ1n) is 8.44. The van der Waals surface area contributed by atoms with Gasteiger partial charge < -0.3 is 14.8 Å². The van der Waals surface area contributed by atoms with E-state index in [1.54, 1.807) is 14.2 Å². The number of benzene rings is 1. The van der Waals surface area contributed by atoms with Gasteiger partial charge in [0.2, 0.25) is 5.91 Å². The molecule has 23 heavy (non-hydrogen) atoms. The Labute approximate surface area is 137 Å². The van der Waals surface area contributed by atoms with Gasteiger partial charge in [0.15, 0.2) is 0 Å². The van der Waals surface area contributed by atoms with Crippen molar-refractivity contribution in [2.45, 2.75) is 31.7 Å². The molecule has 1 N–H and O–H groups in total. The molecule has 0 spiro atoms. The fraction of sp³-hybridized carbons (Fsp3) is 0.611. The summed E-state index contributed by atoms with van der Waals surface area (Å²) in [5.74, 6) is 2.48. The Morgan fingerprint density at radius 2 is 2.09 bits per heavy atom. The minimum atomic E-state index is 0.135. The Bertz CT molecular complexity index is 557. The van der Waals surface area contributed by atoms with Crippen molar-refractivity contribution in [1.29, 1.82) is 0 Å². The molecule has 5 heteroatoms. The van der Waals surface area contributed by atoms with Crippen molar-refractivity contribution in [3.8, 4) is 11.5 Å². The first-order valence-corrected chi connectivity index (χ1v) is 8.44. The highest BCUT2D eigenvalue weighted by Gasteiger charge is 2.30. The average molecular weight is 318 g/mol. The highest BCUT2D eigenvalue weighted by atomic mass is 16.5. The van der Waals surface area contributed by atoms with E-state index in [-0.39, 0.29) is 11.9 Å². The van der Waals surface area contributed by atoms with Crippen LogP contribution in [0.25, 0.3) is 0 Å². The van der Waals surface area contributed by atoms with Crippen LogP contribution < -0.4 is 14.8 Å². The maximum Gasteiger partial charge on any atom is 0.234 e. The third-order valence-electron chi connectivity index (χ3n) is 4.79. The van der Waals surface area contributed by atoms with Gasteiger partial charge in [-0.25, -0.2) is 0 Å². The lowest BCUT2D eigenvalue weighted by atomic mass is 10.0. The fourth-order valence-corrected chi connectivity index (χ4v) is 3.28. The number of hydrogen-bond acceptors (Lipinski definition) is 4. The van der Waals surface area contributed by atoms with E-state index in [0.717, 1.165) is 48.9 Å². The summed E-state index contributed by atoms with van der Waals surface area (Å²) < 4.78 is 10.8. The Morgan fingerprint density at radius 1 is 1.26 bits per heavy atom. The van der Waals surface area contributed by atoms with Gasteiger partial charge in [-0.3, -0.25) is 9.69 Å². The molecule has 126 valence electrons. The normalized spacial score (nSPS) is 21.2. The van der Waals surface area contributed by atoms with Gasteiger partial charge in [-0.1, -0.05) is 6.07 Å². The molecule has 1 amide bonds. The molecule has 1 aliphatic heterocycles. The first kappa shape index (κ1) is 16.1. The number of amides is 1. The van der Waals surface area contributed by atoms with Gasteiger partial charge in [0, 0.05) is 24.2 Å². The van der Waals surface area contributed by atoms with Gasteiger partial charge in [0.05, 0.1) is 20.8 Å². The molecule has 1 saturated heterocycles. The van der Waals surface area contributed by atoms with Crippen molar-refractivity contribution in [2.75, 3.05) is 33.9 Å². The van der Waals surface area contributed by atoms with E-state index in [9.17, 15) is 4.79 Å². The average Bonchev–Trinajstić information content (AvgIpc) is 3.30. The maximum atomic E-state index is 12.2. The predicted molar refractivity (Wildman–Crippen MR) is 88.8 cm³/mol. The molecule has 1 aromatic rings. The number of carbonyl (C=O) groups is 1. The molecule has 1 aliphatic carbocycles. The summed E-state index contributed by atoms with van der Waals surface area (Å²) in [6.07, 6.45) is 4.68. The minimum absolute atomic E-state index is 0.135. The number of ether oxygens (including phenoxy) is 2. The van der Waals surface area contributed by atoms with Crippen LogP contribution in [0.3, 0.4) is 0 Å². The van der Waals surface area contributed by atoms with Crippen molar-refractivity contribution < 1.29 is 14.3 Å². The molecule has 0 bridgehead atoms. The minimum Gasteiger partial charge on any atom is -0.497 e. The summed E-state index contributed by atoms with van der Waals surface area (Å²) in [6, 6.07) is 6.17. The number of rotatable bonds is 7. The summed E-state index contributed by atoms with van der Waals surface area (Å²) in [5, 5.41) is 3.06. The van der Waals surface area contributed by atoms with Crippen LogP contribution in [0.4, 0.5) is 0 Å². The topological polar surface area (TPSA) is 50.8 Å². The third kappa shape index (κ3) is 3.96. The largest absolute Gasteiger partial charge is 0.497 e. The van der Waals surface area contributed by atoms with Gasteiger partial charge in [-0.15, -0.1) is 0 Å². The van der Waals surface area contributed by atoms with Crippen LogP contribution in [0.2, 0.25) is 0 Å². The fourth-order valence-electron chi connectivity index (χ4n) is 3.28. The van der Waals surface area contributed by atoms with Crippen LogP contribution in [-0.4, -0.2) is 44.7 Å². The van der Waals surface area contributed by atoms with Gasteiger partial charge in [-0.05, 0) is 44.2 Å². The summed E-state index contributed by atoms with van der Waals surface area (Å²) >= 11 is 0. The Balaban J connectivity index is 1.66. The lowest BCUT2D eigenvalue weighted by Gasteiger charge is -2.25. The lowest BCUT2D eigenvalue weighted by Crippen LogP contribution is -2.37. The number of nitrogens with one attached hydrogen (secondary N) is 1. The molecule has 1 aromatic carbocycles. The molecule has 0 radical (unpaired) electrons. The third-order valence-corrected chi connectivity index (χ3v) is 4.79. The molecule has 5 nitrogen and oxygen atoms in total. The quantitative estimate of drug-likeness (QED) is 0.838. The molecule has 3 rings (SSSR count). The van der Waals surface area contributed by atoms with Crippen molar-refractivity contribution in [1.82, 2.24) is 10.2 Å². The number of nitrogens with zero attached hydrogens (tertiary/aromatic N) is 1.